The molecule has 0 saturated heterocycles. The van der Waals surface area contributed by atoms with Gasteiger partial charge >= 0.3 is 0 Å². The molecule has 2 N–H and O–H groups in total. The van der Waals surface area contributed by atoms with Gasteiger partial charge in [0.05, 0.1) is 33.6 Å². The van der Waals surface area contributed by atoms with Gasteiger partial charge in [0.1, 0.15) is 0 Å². The number of aryl methyl sites for hydroxylation is 5. The van der Waals surface area contributed by atoms with E-state index in [1.54, 1.807) is 50.7 Å². The molecule has 0 aliphatic heterocycles. The molecular weight excluding hydrogens is 2420 g/mol. The van der Waals surface area contributed by atoms with Crippen molar-refractivity contribution in [1.82, 2.24) is 29.9 Å². The number of allylic oxidation sites excluding steroid dienone is 4. The normalized spacial score (nSPS) is 17.8. The molecule has 16 aromatic rings. The number of carbonyl (C=O) groups is 2. The molecule has 10 nitrogen and oxygen atoms in total. The molecule has 139 heavy (non-hydrogen) atoms. The van der Waals surface area contributed by atoms with Crippen molar-refractivity contribution in [2.24, 2.45) is 35.5 Å². The van der Waals surface area contributed by atoms with E-state index in [1.165, 1.54) is 147 Å². The first kappa shape index (κ1) is 105. The molecule has 0 spiro atoms. The predicted molar refractivity (Wildman–Crippen MR) is 552 cm³/mol. The van der Waals surface area contributed by atoms with Gasteiger partial charge in [0.25, 0.3) is 0 Å². The molecule has 28 rings (SSSR count). The minimum absolute atomic E-state index is 0. The summed E-state index contributed by atoms with van der Waals surface area (Å²) < 4.78 is 0. The van der Waals surface area contributed by atoms with Gasteiger partial charge in [-0.2, -0.15) is 0 Å². The van der Waals surface area contributed by atoms with Crippen molar-refractivity contribution in [2.45, 2.75) is 203 Å². The Labute approximate surface area is 876 Å². The van der Waals surface area contributed by atoms with Gasteiger partial charge in [-0.1, -0.05) is 152 Å². The summed E-state index contributed by atoms with van der Waals surface area (Å²) in [6.07, 6.45) is 24.1. The van der Waals surface area contributed by atoms with Gasteiger partial charge in [0, 0.05) is 138 Å². The van der Waals surface area contributed by atoms with Crippen LogP contribution in [-0.4, -0.2) is 51.7 Å². The maximum absolute atomic E-state index is 11.7. The van der Waals surface area contributed by atoms with E-state index in [1.807, 2.05) is 156 Å². The van der Waals surface area contributed by atoms with E-state index < -0.39 is 0 Å². The Morgan fingerprint density at radius 3 is 0.942 bits per heavy atom. The molecule has 0 amide bonds. The number of aromatic nitrogens is 6. The van der Waals surface area contributed by atoms with Crippen molar-refractivity contribution in [3.63, 3.8) is 0 Å². The Kier molecular flexibility index (Phi) is 37.2. The molecule has 12 aliphatic rings. The van der Waals surface area contributed by atoms with Crippen LogP contribution in [0.5, 0.6) is 0 Å². The number of carbonyl (C=O) groups excluding carboxylic acids is 2. The van der Waals surface area contributed by atoms with Crippen LogP contribution in [0.15, 0.2) is 285 Å². The number of aliphatic hydroxyl groups is 2. The van der Waals surface area contributed by atoms with E-state index in [0.717, 1.165) is 168 Å². The smallest absolute Gasteiger partial charge is 0.162 e. The number of ketones is 2. The average molecular weight is 2540 g/mol. The molecule has 12 aliphatic carbocycles. The standard InChI is InChI=1S/2C22H20N.2C20H16N.C13H24O2.C12H10N.C11H8N.C5H8O2.4Ir/c2*1-13-7-14(2)9-17(8-13)20-6-4-19-21(23-20)5-3-16-10-15-11-18(12-15)22(16)19;2*1-2-4-14(5-3-1)18-9-7-17-19(21-18)8-6-15-10-13-11-16(12-13)20(15)17;1-5-10(6-2)12(14)9-13(15)11(7-3)8-4;1-10-6-5-9-12(13-10)11-7-3-2-4-8-11;1-2-6-10(7-3-1)11-8-4-5-9-12-11;1-4(6)3-5(2)7;;;;/h2*3-8,15,18H,10-12H2,1-2H3;2*1-4,6-9,13,16H,10-12H2;9-11,14H,5-8H2,1-4H3;2-7,9H,1H3;1-6,8-9H;3,6H,1-2H3;;;;/q4*-1;;2*-1;;;;;. The van der Waals surface area contributed by atoms with Gasteiger partial charge in [0.2, 0.25) is 0 Å². The van der Waals surface area contributed by atoms with E-state index in [2.05, 4.69) is 208 Å². The molecule has 6 aromatic heterocycles. The Bertz CT molecular complexity index is 6580. The van der Waals surface area contributed by atoms with Gasteiger partial charge in [-0.05, 0) is 286 Å². The van der Waals surface area contributed by atoms with Crippen LogP contribution in [0.25, 0.3) is 111 Å². The fourth-order valence-electron chi connectivity index (χ4n) is 21.7. The minimum Gasteiger partial charge on any atom is -0.512 e. The van der Waals surface area contributed by atoms with Crippen LogP contribution >= 0.6 is 0 Å². The van der Waals surface area contributed by atoms with Gasteiger partial charge in [-0.3, -0.25) is 29.5 Å². The van der Waals surface area contributed by atoms with Crippen molar-refractivity contribution in [2.75, 3.05) is 0 Å². The summed E-state index contributed by atoms with van der Waals surface area (Å²) in [6.45, 7) is 21.4. The second-order valence-corrected chi connectivity index (χ2v) is 38.4. The quantitative estimate of drug-likeness (QED) is 0.0611. The number of rotatable bonds is 14. The van der Waals surface area contributed by atoms with Gasteiger partial charge < -0.3 is 20.2 Å². The van der Waals surface area contributed by atoms with E-state index >= 15 is 0 Å². The summed E-state index contributed by atoms with van der Waals surface area (Å²) in [5.74, 6) is 7.43. The molecule has 4 saturated carbocycles. The fraction of sp³-hybridized carbons (Fsp3) is 0.296. The Morgan fingerprint density at radius 1 is 0.345 bits per heavy atom. The number of fused-ring (bicyclic) bond motifs is 4. The van der Waals surface area contributed by atoms with Crippen molar-refractivity contribution < 1.29 is 100 Å². The predicted octanol–water partition coefficient (Wildman–Crippen LogP) is 30.5. The number of aliphatic hydroxyl groups excluding tert-OH is 2. The summed E-state index contributed by atoms with van der Waals surface area (Å²) in [5.41, 5.74) is 35.6. The van der Waals surface area contributed by atoms with E-state index in [4.69, 9.17) is 25.0 Å². The zero-order valence-corrected chi connectivity index (χ0v) is 90.9. The van der Waals surface area contributed by atoms with Crippen LogP contribution in [0.2, 0.25) is 0 Å². The summed E-state index contributed by atoms with van der Waals surface area (Å²) in [5, 5.41) is 23.6. The molecule has 8 bridgehead atoms. The number of benzene rings is 10. The summed E-state index contributed by atoms with van der Waals surface area (Å²) in [6, 6.07) is 108. The molecule has 4 fully saturated rings. The molecule has 10 aromatic carbocycles. The largest absolute Gasteiger partial charge is 0.512 e. The van der Waals surface area contributed by atoms with Crippen molar-refractivity contribution in [1.29, 1.82) is 0 Å². The third kappa shape index (κ3) is 25.6. The van der Waals surface area contributed by atoms with Gasteiger partial charge in [0.15, 0.2) is 11.6 Å². The zero-order chi connectivity index (χ0) is 93.8. The van der Waals surface area contributed by atoms with Crippen LogP contribution in [0.3, 0.4) is 0 Å². The number of pyridine rings is 6. The molecular formula is C125H122Ir4N6O4-6. The second kappa shape index (κ2) is 49.0. The minimum atomic E-state index is -0.125. The van der Waals surface area contributed by atoms with E-state index in [9.17, 15) is 14.7 Å². The molecule has 6 heterocycles. The number of hydrogen-bond donors (Lipinski definition) is 2. The van der Waals surface area contributed by atoms with Crippen LogP contribution in [0, 0.1) is 107 Å². The summed E-state index contributed by atoms with van der Waals surface area (Å²) >= 11 is 0. The van der Waals surface area contributed by atoms with Crippen LogP contribution in [-0.2, 0) is 116 Å². The first-order valence-electron chi connectivity index (χ1n) is 48.9. The summed E-state index contributed by atoms with van der Waals surface area (Å²) in [7, 11) is 0. The fourth-order valence-corrected chi connectivity index (χ4v) is 21.7. The maximum Gasteiger partial charge on any atom is 0.162 e. The molecule has 0 unspecified atom stereocenters. The third-order valence-corrected chi connectivity index (χ3v) is 28.5. The first-order valence-corrected chi connectivity index (χ1v) is 48.9. The molecule has 0 atom stereocenters. The van der Waals surface area contributed by atoms with Gasteiger partial charge in [-0.25, -0.2) is 0 Å². The Hall–Kier alpha value is -10.8. The molecule has 718 valence electrons. The first-order chi connectivity index (χ1) is 65.7. The second-order valence-electron chi connectivity index (χ2n) is 38.4. The van der Waals surface area contributed by atoms with E-state index in [0.29, 0.717) is 0 Å². The zero-order valence-electron chi connectivity index (χ0n) is 81.3. The van der Waals surface area contributed by atoms with E-state index in [-0.39, 0.29) is 115 Å². The van der Waals surface area contributed by atoms with Gasteiger partial charge in [-0.15, -0.1) is 213 Å². The van der Waals surface area contributed by atoms with Crippen molar-refractivity contribution >= 4 is 55.2 Å². The Morgan fingerprint density at radius 2 is 0.662 bits per heavy atom. The third-order valence-electron chi connectivity index (χ3n) is 28.5. The van der Waals surface area contributed by atoms with Crippen LogP contribution < -0.4 is 0 Å². The molecule has 14 heteroatoms. The van der Waals surface area contributed by atoms with Crippen molar-refractivity contribution in [3.05, 3.63) is 394 Å². The number of nitrogens with zero attached hydrogens (tertiary/aromatic N) is 6. The van der Waals surface area contributed by atoms with Crippen LogP contribution in [0.4, 0.5) is 0 Å². The average Bonchev–Trinajstić information content (AvgIpc) is 0.752. The number of hydrogen-bond acceptors (Lipinski definition) is 10. The monoisotopic (exact) mass is 2540 g/mol. The maximum atomic E-state index is 11.7. The van der Waals surface area contributed by atoms with Crippen LogP contribution in [0.1, 0.15) is 215 Å². The molecule has 4 radical (unpaired) electrons. The summed E-state index contributed by atoms with van der Waals surface area (Å²) in [4.78, 5) is 50.0. The van der Waals surface area contributed by atoms with Crippen molar-refractivity contribution in [3.8, 4) is 67.5 Å². The SMILES string of the molecule is CC(=O)C=C(C)O.CCC(CC)C(=O)C=C(O)C(CC)CC.Cc1[c-]c(-c2ccc3c4c(ccc3n2)CC2CC4C2)cc(C)c1.Cc1[c-]c(-c2ccc3c4c(ccc3n2)CC2CC4C2)cc(C)c1.Cc1cccc(-c2[c-]cccc2)n1.[Ir].[Ir].[Ir].[Ir].[c-]1ccccc1-c1ccc2c3c(ccc2n1)CC1CC3C1.[c-]1ccccc1-c1ccc2c3c(ccc2n1)CC1CC3C1.[c-]1ccccc1-c1ccccn1. The topological polar surface area (TPSA) is 152 Å². The Balaban J connectivity index is 0.000000136.